The number of benzene rings is 1. The van der Waals surface area contributed by atoms with Gasteiger partial charge in [-0.25, -0.2) is 0 Å². The summed E-state index contributed by atoms with van der Waals surface area (Å²) in [5.74, 6) is 0.00431. The summed E-state index contributed by atoms with van der Waals surface area (Å²) in [5.41, 5.74) is 6.34. The largest absolute Gasteiger partial charge is 0.353 e. The van der Waals surface area contributed by atoms with E-state index < -0.39 is 0 Å². The minimum absolute atomic E-state index is 0.00431. The molecule has 5 heteroatoms. The highest BCUT2D eigenvalue weighted by Crippen LogP contribution is 2.37. The van der Waals surface area contributed by atoms with Crippen LogP contribution in [0.2, 0.25) is 0 Å². The quantitative estimate of drug-likeness (QED) is 0.695. The Morgan fingerprint density at radius 3 is 3.09 bits per heavy atom. The van der Waals surface area contributed by atoms with Gasteiger partial charge in [-0.05, 0) is 42.5 Å². The third kappa shape index (κ3) is 1.85. The van der Waals surface area contributed by atoms with Gasteiger partial charge in [-0.15, -0.1) is 0 Å². The molecule has 0 radical (unpaired) electrons. The van der Waals surface area contributed by atoms with E-state index in [4.69, 9.17) is 0 Å². The van der Waals surface area contributed by atoms with Crippen molar-refractivity contribution in [1.29, 1.82) is 0 Å². The molecule has 2 heterocycles. The molecule has 1 aliphatic carbocycles. The molecule has 3 N–H and O–H groups in total. The summed E-state index contributed by atoms with van der Waals surface area (Å²) < 4.78 is 0. The van der Waals surface area contributed by atoms with E-state index in [9.17, 15) is 4.79 Å². The van der Waals surface area contributed by atoms with Crippen LogP contribution < -0.4 is 5.32 Å². The average Bonchev–Trinajstić information content (AvgIpc) is 3.15. The summed E-state index contributed by atoms with van der Waals surface area (Å²) in [6.07, 6.45) is 4.71. The smallest absolute Gasteiger partial charge is 0.251 e. The van der Waals surface area contributed by atoms with Crippen LogP contribution >= 0.6 is 0 Å². The van der Waals surface area contributed by atoms with Gasteiger partial charge < -0.3 is 10.3 Å². The van der Waals surface area contributed by atoms with Crippen molar-refractivity contribution in [3.63, 3.8) is 0 Å². The zero-order valence-electron chi connectivity index (χ0n) is 12.5. The molecule has 0 atom stereocenters. The zero-order valence-corrected chi connectivity index (χ0v) is 12.5. The van der Waals surface area contributed by atoms with Gasteiger partial charge >= 0.3 is 0 Å². The molecule has 0 unspecified atom stereocenters. The van der Waals surface area contributed by atoms with Crippen molar-refractivity contribution < 1.29 is 4.79 Å². The van der Waals surface area contributed by atoms with Crippen LogP contribution in [0.15, 0.2) is 24.4 Å². The van der Waals surface area contributed by atoms with E-state index in [-0.39, 0.29) is 5.91 Å². The molecule has 1 aliphatic rings. The van der Waals surface area contributed by atoms with Crippen LogP contribution in [0.4, 0.5) is 0 Å². The number of H-pyrrole nitrogens is 2. The van der Waals surface area contributed by atoms with Crippen molar-refractivity contribution >= 4 is 16.8 Å². The number of carbonyl (C=O) groups is 1. The Kier molecular flexibility index (Phi) is 2.99. The molecule has 2 aromatic heterocycles. The van der Waals surface area contributed by atoms with Crippen LogP contribution in [0, 0.1) is 0 Å². The van der Waals surface area contributed by atoms with Gasteiger partial charge in [0, 0.05) is 23.0 Å². The van der Waals surface area contributed by atoms with E-state index in [2.05, 4.69) is 27.4 Å². The average molecular weight is 294 g/mol. The number of aromatic amines is 2. The first-order valence-corrected chi connectivity index (χ1v) is 7.74. The van der Waals surface area contributed by atoms with Gasteiger partial charge in [0.15, 0.2) is 0 Å². The van der Waals surface area contributed by atoms with Crippen LogP contribution in [0.3, 0.4) is 0 Å². The second-order valence-corrected chi connectivity index (χ2v) is 5.73. The lowest BCUT2D eigenvalue weighted by Gasteiger charge is -2.12. The van der Waals surface area contributed by atoms with Gasteiger partial charge in [-0.1, -0.05) is 13.0 Å². The number of carbonyl (C=O) groups excluding carboxylic acids is 1. The summed E-state index contributed by atoms with van der Waals surface area (Å²) >= 11 is 0. The molecule has 0 spiro atoms. The molecule has 3 aromatic rings. The predicted molar refractivity (Wildman–Crippen MR) is 85.9 cm³/mol. The highest BCUT2D eigenvalue weighted by atomic mass is 16.1. The Hall–Kier alpha value is -2.56. The lowest BCUT2D eigenvalue weighted by molar-refractivity contribution is 0.0955. The third-order valence-electron chi connectivity index (χ3n) is 4.32. The van der Waals surface area contributed by atoms with E-state index in [1.54, 1.807) is 0 Å². The van der Waals surface area contributed by atoms with Crippen molar-refractivity contribution in [2.45, 2.75) is 26.2 Å². The Morgan fingerprint density at radius 2 is 2.23 bits per heavy atom. The fourth-order valence-corrected chi connectivity index (χ4v) is 3.28. The molecule has 112 valence electrons. The molecule has 4 rings (SSSR count). The number of nitrogens with zero attached hydrogens (tertiary/aromatic N) is 1. The van der Waals surface area contributed by atoms with Crippen LogP contribution in [0.1, 0.15) is 34.8 Å². The minimum Gasteiger partial charge on any atom is -0.353 e. The molecule has 0 saturated heterocycles. The van der Waals surface area contributed by atoms with Crippen LogP contribution in [0.25, 0.3) is 22.3 Å². The number of hydrogen-bond donors (Lipinski definition) is 3. The number of rotatable bonds is 3. The van der Waals surface area contributed by atoms with Crippen molar-refractivity contribution in [2.24, 2.45) is 0 Å². The summed E-state index contributed by atoms with van der Waals surface area (Å²) in [4.78, 5) is 15.9. The van der Waals surface area contributed by atoms with Gasteiger partial charge in [0.1, 0.15) is 0 Å². The Labute approximate surface area is 128 Å². The van der Waals surface area contributed by atoms with E-state index in [0.717, 1.165) is 47.1 Å². The lowest BCUT2D eigenvalue weighted by atomic mass is 9.92. The summed E-state index contributed by atoms with van der Waals surface area (Å²) in [6.45, 7) is 2.76. The monoisotopic (exact) mass is 294 g/mol. The third-order valence-corrected chi connectivity index (χ3v) is 4.32. The Bertz CT molecular complexity index is 859. The molecule has 5 nitrogen and oxygen atoms in total. The maximum atomic E-state index is 12.5. The second kappa shape index (κ2) is 5.02. The summed E-state index contributed by atoms with van der Waals surface area (Å²) in [7, 11) is 0. The van der Waals surface area contributed by atoms with Gasteiger partial charge in [0.05, 0.1) is 17.6 Å². The first-order chi connectivity index (χ1) is 10.8. The number of aromatic nitrogens is 3. The van der Waals surface area contributed by atoms with Crippen molar-refractivity contribution in [3.8, 4) is 11.4 Å². The standard InChI is InChI=1S/C17H18N4O/c1-2-8-18-17(22)12-4-3-5-13-14(12)11-7-6-10-9-19-21-15(10)16(11)20-13/h3-5,9,20H,2,6-8H2,1H3,(H,18,22)(H,19,21). The maximum absolute atomic E-state index is 12.5. The number of hydrogen-bond acceptors (Lipinski definition) is 2. The molecule has 0 fully saturated rings. The molecule has 1 amide bonds. The van der Waals surface area contributed by atoms with Crippen molar-refractivity contribution in [3.05, 3.63) is 41.1 Å². The maximum Gasteiger partial charge on any atom is 0.251 e. The second-order valence-electron chi connectivity index (χ2n) is 5.73. The van der Waals surface area contributed by atoms with E-state index >= 15 is 0 Å². The number of nitrogens with one attached hydrogen (secondary N) is 3. The molecular weight excluding hydrogens is 276 g/mol. The van der Waals surface area contributed by atoms with E-state index in [1.807, 2.05) is 24.4 Å². The number of amides is 1. The SMILES string of the molecule is CCCNC(=O)c1cccc2[nH]c3c(c12)CCc1cn[nH]c1-3. The Morgan fingerprint density at radius 1 is 1.32 bits per heavy atom. The van der Waals surface area contributed by atoms with Crippen LogP contribution in [0.5, 0.6) is 0 Å². The molecular formula is C17H18N4O. The zero-order chi connectivity index (χ0) is 15.1. The molecule has 0 aliphatic heterocycles. The van der Waals surface area contributed by atoms with Gasteiger partial charge in [-0.3, -0.25) is 9.89 Å². The van der Waals surface area contributed by atoms with Gasteiger partial charge in [0.2, 0.25) is 0 Å². The van der Waals surface area contributed by atoms with Crippen LogP contribution in [-0.2, 0) is 12.8 Å². The van der Waals surface area contributed by atoms with Crippen LogP contribution in [-0.4, -0.2) is 27.6 Å². The van der Waals surface area contributed by atoms with E-state index in [0.29, 0.717) is 6.54 Å². The molecule has 0 saturated carbocycles. The fourth-order valence-electron chi connectivity index (χ4n) is 3.28. The molecule has 1 aromatic carbocycles. The first-order valence-electron chi connectivity index (χ1n) is 7.74. The van der Waals surface area contributed by atoms with E-state index in [1.165, 1.54) is 11.1 Å². The first kappa shape index (κ1) is 13.1. The van der Waals surface area contributed by atoms with Crippen molar-refractivity contribution in [1.82, 2.24) is 20.5 Å². The topological polar surface area (TPSA) is 73.6 Å². The summed E-state index contributed by atoms with van der Waals surface area (Å²) in [6, 6.07) is 5.86. The number of aryl methyl sites for hydroxylation is 2. The summed E-state index contributed by atoms with van der Waals surface area (Å²) in [5, 5.41) is 11.2. The Balaban J connectivity index is 1.90. The van der Waals surface area contributed by atoms with Gasteiger partial charge in [0.25, 0.3) is 5.91 Å². The fraction of sp³-hybridized carbons (Fsp3) is 0.294. The highest BCUT2D eigenvalue weighted by Gasteiger charge is 2.24. The van der Waals surface area contributed by atoms with Crippen molar-refractivity contribution in [2.75, 3.05) is 6.54 Å². The minimum atomic E-state index is 0.00431. The normalized spacial score (nSPS) is 13.0. The molecule has 0 bridgehead atoms. The highest BCUT2D eigenvalue weighted by molar-refractivity contribution is 6.09. The lowest BCUT2D eigenvalue weighted by Crippen LogP contribution is -2.24. The molecule has 22 heavy (non-hydrogen) atoms. The number of fused-ring (bicyclic) bond motifs is 5. The predicted octanol–water partition coefficient (Wildman–Crippen LogP) is 2.80. The van der Waals surface area contributed by atoms with Gasteiger partial charge in [-0.2, -0.15) is 5.10 Å².